The highest BCUT2D eigenvalue weighted by molar-refractivity contribution is 7.16. The summed E-state index contributed by atoms with van der Waals surface area (Å²) < 4.78 is 12.2. The zero-order valence-corrected chi connectivity index (χ0v) is 11.5. The van der Waals surface area contributed by atoms with Crippen LogP contribution < -0.4 is 5.73 Å². The Hall–Kier alpha value is -0.130. The molecule has 2 unspecified atom stereocenters. The number of ether oxygens (including phenoxy) is 2. The van der Waals surface area contributed by atoms with Crippen LogP contribution in [0.2, 0.25) is 4.34 Å². The lowest BCUT2D eigenvalue weighted by molar-refractivity contribution is -0.0746. The van der Waals surface area contributed by atoms with Gasteiger partial charge in [0, 0.05) is 24.1 Å². The van der Waals surface area contributed by atoms with E-state index in [1.54, 1.807) is 11.3 Å². The molecule has 0 amide bonds. The fourth-order valence-corrected chi connectivity index (χ4v) is 3.16. The molecule has 2 heterocycles. The summed E-state index contributed by atoms with van der Waals surface area (Å²) in [6.45, 7) is 3.53. The summed E-state index contributed by atoms with van der Waals surface area (Å²) in [5.74, 6) is 0. The van der Waals surface area contributed by atoms with Gasteiger partial charge in [-0.15, -0.1) is 11.3 Å². The molecular formula is C12H18ClNO2S. The lowest BCUT2D eigenvalue weighted by atomic mass is 10.1. The minimum absolute atomic E-state index is 0.0347. The second-order valence-electron chi connectivity index (χ2n) is 4.37. The summed E-state index contributed by atoms with van der Waals surface area (Å²) in [7, 11) is 0. The van der Waals surface area contributed by atoms with E-state index in [9.17, 15) is 0 Å². The fraction of sp³-hybridized carbons (Fsp3) is 0.667. The lowest BCUT2D eigenvalue weighted by Gasteiger charge is -2.29. The Morgan fingerprint density at radius 2 is 2.18 bits per heavy atom. The van der Waals surface area contributed by atoms with Gasteiger partial charge in [0.25, 0.3) is 0 Å². The Bertz CT molecular complexity index is 350. The molecule has 1 aliphatic rings. The van der Waals surface area contributed by atoms with Crippen LogP contribution in [-0.2, 0) is 9.47 Å². The molecule has 0 aliphatic carbocycles. The predicted octanol–water partition coefficient (Wildman–Crippen LogP) is 2.99. The maximum absolute atomic E-state index is 6.10. The molecule has 0 saturated carbocycles. The Morgan fingerprint density at radius 1 is 1.47 bits per heavy atom. The van der Waals surface area contributed by atoms with E-state index in [-0.39, 0.29) is 18.2 Å². The van der Waals surface area contributed by atoms with Crippen molar-refractivity contribution in [3.63, 3.8) is 0 Å². The Labute approximate surface area is 111 Å². The number of thiophene rings is 1. The maximum atomic E-state index is 6.10. The van der Waals surface area contributed by atoms with Crippen molar-refractivity contribution in [3.8, 4) is 0 Å². The van der Waals surface area contributed by atoms with E-state index in [0.717, 1.165) is 35.3 Å². The van der Waals surface area contributed by atoms with Gasteiger partial charge in [0.2, 0.25) is 0 Å². The molecular weight excluding hydrogens is 258 g/mol. The third kappa shape index (κ3) is 3.66. The number of hydrogen-bond acceptors (Lipinski definition) is 4. The summed E-state index contributed by atoms with van der Waals surface area (Å²) in [4.78, 5) is 1.11. The molecule has 1 aliphatic heterocycles. The van der Waals surface area contributed by atoms with Crippen LogP contribution in [-0.4, -0.2) is 25.4 Å². The highest BCUT2D eigenvalue weighted by Crippen LogP contribution is 2.32. The molecule has 0 bridgehead atoms. The minimum Gasteiger partial charge on any atom is -0.381 e. The molecule has 96 valence electrons. The molecule has 0 aromatic carbocycles. The van der Waals surface area contributed by atoms with E-state index in [4.69, 9.17) is 26.8 Å². The average Bonchev–Trinajstić information content (AvgIpc) is 2.73. The van der Waals surface area contributed by atoms with Crippen molar-refractivity contribution in [2.45, 2.75) is 38.0 Å². The number of halogens is 1. The van der Waals surface area contributed by atoms with Gasteiger partial charge in [-0.2, -0.15) is 0 Å². The molecule has 2 rings (SSSR count). The van der Waals surface area contributed by atoms with Crippen molar-refractivity contribution in [1.82, 2.24) is 0 Å². The van der Waals surface area contributed by atoms with Gasteiger partial charge in [-0.05, 0) is 31.9 Å². The average molecular weight is 276 g/mol. The molecule has 2 atom stereocenters. The summed E-state index contributed by atoms with van der Waals surface area (Å²) in [6.07, 6.45) is 2.08. The summed E-state index contributed by atoms with van der Waals surface area (Å²) in [5, 5.41) is 0. The first kappa shape index (κ1) is 13.3. The molecule has 17 heavy (non-hydrogen) atoms. The standard InChI is InChI=1S/C12H18ClNO2S/c1-8(14)12(10-2-3-11(13)17-10)16-9-4-6-15-7-5-9/h2-3,8-9,12H,4-7,14H2,1H3. The van der Waals surface area contributed by atoms with Crippen LogP contribution in [0.5, 0.6) is 0 Å². The van der Waals surface area contributed by atoms with Crippen molar-refractivity contribution in [1.29, 1.82) is 0 Å². The van der Waals surface area contributed by atoms with Crippen molar-refractivity contribution in [2.75, 3.05) is 13.2 Å². The quantitative estimate of drug-likeness (QED) is 0.919. The van der Waals surface area contributed by atoms with E-state index >= 15 is 0 Å². The zero-order valence-electron chi connectivity index (χ0n) is 9.90. The van der Waals surface area contributed by atoms with Crippen molar-refractivity contribution in [3.05, 3.63) is 21.3 Å². The molecule has 1 fully saturated rings. The Balaban J connectivity index is 2.01. The Kier molecular flexibility index (Phi) is 4.82. The van der Waals surface area contributed by atoms with Crippen LogP contribution in [0.1, 0.15) is 30.7 Å². The van der Waals surface area contributed by atoms with Crippen LogP contribution in [0, 0.1) is 0 Å². The van der Waals surface area contributed by atoms with Gasteiger partial charge in [0.1, 0.15) is 6.10 Å². The highest BCUT2D eigenvalue weighted by atomic mass is 35.5. The second-order valence-corrected chi connectivity index (χ2v) is 6.12. The van der Waals surface area contributed by atoms with Gasteiger partial charge < -0.3 is 15.2 Å². The molecule has 1 saturated heterocycles. The Morgan fingerprint density at radius 3 is 2.71 bits per heavy atom. The molecule has 0 spiro atoms. The maximum Gasteiger partial charge on any atom is 0.107 e. The first-order chi connectivity index (χ1) is 8.16. The molecule has 1 aromatic rings. The van der Waals surface area contributed by atoms with Crippen molar-refractivity contribution < 1.29 is 9.47 Å². The summed E-state index contributed by atoms with van der Waals surface area (Å²) in [6, 6.07) is 3.86. The van der Waals surface area contributed by atoms with Crippen molar-refractivity contribution >= 4 is 22.9 Å². The molecule has 3 nitrogen and oxygen atoms in total. The van der Waals surface area contributed by atoms with Crippen molar-refractivity contribution in [2.24, 2.45) is 5.73 Å². The number of nitrogens with two attached hydrogens (primary N) is 1. The first-order valence-corrected chi connectivity index (χ1v) is 7.10. The molecule has 5 heteroatoms. The smallest absolute Gasteiger partial charge is 0.107 e. The lowest BCUT2D eigenvalue weighted by Crippen LogP contribution is -2.32. The van der Waals surface area contributed by atoms with Gasteiger partial charge in [-0.1, -0.05) is 11.6 Å². The second kappa shape index (κ2) is 6.16. The van der Waals surface area contributed by atoms with Gasteiger partial charge in [0.05, 0.1) is 10.4 Å². The van der Waals surface area contributed by atoms with E-state index in [1.807, 2.05) is 19.1 Å². The van der Waals surface area contributed by atoms with Gasteiger partial charge >= 0.3 is 0 Å². The van der Waals surface area contributed by atoms with E-state index in [1.165, 1.54) is 0 Å². The highest BCUT2D eigenvalue weighted by Gasteiger charge is 2.24. The zero-order chi connectivity index (χ0) is 12.3. The van der Waals surface area contributed by atoms with Gasteiger partial charge in [-0.3, -0.25) is 0 Å². The molecule has 0 radical (unpaired) electrons. The van der Waals surface area contributed by atoms with Gasteiger partial charge in [0.15, 0.2) is 0 Å². The summed E-state index contributed by atoms with van der Waals surface area (Å²) in [5.41, 5.74) is 6.00. The summed E-state index contributed by atoms with van der Waals surface area (Å²) >= 11 is 7.50. The van der Waals surface area contributed by atoms with Gasteiger partial charge in [-0.25, -0.2) is 0 Å². The van der Waals surface area contributed by atoms with Crippen LogP contribution >= 0.6 is 22.9 Å². The van der Waals surface area contributed by atoms with E-state index in [0.29, 0.717) is 0 Å². The van der Waals surface area contributed by atoms with Crippen LogP contribution in [0.15, 0.2) is 12.1 Å². The normalized spacial score (nSPS) is 21.4. The SMILES string of the molecule is CC(N)C(OC1CCOCC1)c1ccc(Cl)s1. The monoisotopic (exact) mass is 275 g/mol. The van der Waals surface area contributed by atoms with Crippen LogP contribution in [0.4, 0.5) is 0 Å². The van der Waals surface area contributed by atoms with E-state index < -0.39 is 0 Å². The number of rotatable bonds is 4. The third-order valence-electron chi connectivity index (χ3n) is 2.86. The number of hydrogen-bond donors (Lipinski definition) is 1. The third-order valence-corrected chi connectivity index (χ3v) is 4.15. The van der Waals surface area contributed by atoms with Crippen LogP contribution in [0.3, 0.4) is 0 Å². The molecule has 2 N–H and O–H groups in total. The van der Waals surface area contributed by atoms with E-state index in [2.05, 4.69) is 0 Å². The van der Waals surface area contributed by atoms with Crippen LogP contribution in [0.25, 0.3) is 0 Å². The minimum atomic E-state index is -0.0596. The predicted molar refractivity (Wildman–Crippen MR) is 70.6 cm³/mol. The molecule has 1 aromatic heterocycles. The first-order valence-electron chi connectivity index (χ1n) is 5.91. The largest absolute Gasteiger partial charge is 0.381 e. The fourth-order valence-electron chi connectivity index (χ4n) is 1.95. The topological polar surface area (TPSA) is 44.5 Å².